The third-order valence-corrected chi connectivity index (χ3v) is 3.64. The smallest absolute Gasteiger partial charge is 0.310 e. The van der Waals surface area contributed by atoms with Gasteiger partial charge in [0.1, 0.15) is 11.5 Å². The van der Waals surface area contributed by atoms with Gasteiger partial charge in [-0.25, -0.2) is 0 Å². The molecule has 0 aliphatic carbocycles. The molecule has 0 aliphatic rings. The van der Waals surface area contributed by atoms with Gasteiger partial charge in [0.15, 0.2) is 0 Å². The number of amides is 1. The molecule has 6 heteroatoms. The lowest BCUT2D eigenvalue weighted by molar-refractivity contribution is -0.146. The van der Waals surface area contributed by atoms with E-state index in [2.05, 4.69) is 0 Å². The molecule has 132 valence electrons. The van der Waals surface area contributed by atoms with Crippen LogP contribution >= 0.6 is 0 Å². The number of likely N-dealkylation sites (N-methyl/N-ethyl adjacent to an activating group) is 1. The van der Waals surface area contributed by atoms with Crippen LogP contribution in [0, 0.1) is 5.92 Å². The van der Waals surface area contributed by atoms with Crippen LogP contribution in [0.15, 0.2) is 24.3 Å². The molecule has 6 nitrogen and oxygen atoms in total. The van der Waals surface area contributed by atoms with Gasteiger partial charge in [-0.2, -0.15) is 0 Å². The molecule has 0 aliphatic heterocycles. The number of hydrogen-bond donors (Lipinski definition) is 0. The van der Waals surface area contributed by atoms with Gasteiger partial charge in [0.2, 0.25) is 5.91 Å². The van der Waals surface area contributed by atoms with Crippen molar-refractivity contribution in [3.8, 4) is 11.5 Å². The number of rotatable bonds is 8. The summed E-state index contributed by atoms with van der Waals surface area (Å²) in [5.74, 6) is 0.415. The third-order valence-electron chi connectivity index (χ3n) is 3.64. The standard InChI is InChI=1S/C18H25NO5/c1-6-19(12-13(2)18(21)24-5)17(20)10-8-14-7-9-15(22-3)11-16(14)23-4/h7-11,13H,6,12H2,1-5H3. The fourth-order valence-electron chi connectivity index (χ4n) is 2.20. The average Bonchev–Trinajstić information content (AvgIpc) is 2.62. The number of nitrogens with zero attached hydrogens (tertiary/aromatic N) is 1. The van der Waals surface area contributed by atoms with Gasteiger partial charge in [-0.05, 0) is 25.1 Å². The molecule has 1 amide bonds. The molecule has 1 aromatic carbocycles. The van der Waals surface area contributed by atoms with E-state index in [1.807, 2.05) is 13.0 Å². The van der Waals surface area contributed by atoms with Crippen LogP contribution in [-0.2, 0) is 14.3 Å². The normalized spacial score (nSPS) is 11.9. The van der Waals surface area contributed by atoms with Gasteiger partial charge >= 0.3 is 5.97 Å². The summed E-state index contributed by atoms with van der Waals surface area (Å²) in [5, 5.41) is 0. The highest BCUT2D eigenvalue weighted by Gasteiger charge is 2.19. The number of esters is 1. The molecule has 0 bridgehead atoms. The van der Waals surface area contributed by atoms with E-state index in [0.717, 1.165) is 5.56 Å². The molecule has 0 fully saturated rings. The quantitative estimate of drug-likeness (QED) is 0.539. The second-order valence-corrected chi connectivity index (χ2v) is 5.24. The molecule has 1 aromatic rings. The Morgan fingerprint density at radius 2 is 1.92 bits per heavy atom. The third kappa shape index (κ3) is 5.30. The maximum atomic E-state index is 12.3. The Labute approximate surface area is 143 Å². The van der Waals surface area contributed by atoms with Crippen molar-refractivity contribution in [1.82, 2.24) is 4.90 Å². The molecule has 1 unspecified atom stereocenters. The Bertz CT molecular complexity index is 597. The Morgan fingerprint density at radius 1 is 1.21 bits per heavy atom. The number of methoxy groups -OCH3 is 3. The van der Waals surface area contributed by atoms with Crippen LogP contribution in [0.25, 0.3) is 6.08 Å². The summed E-state index contributed by atoms with van der Waals surface area (Å²) in [7, 11) is 4.48. The highest BCUT2D eigenvalue weighted by Crippen LogP contribution is 2.25. The molecule has 0 aromatic heterocycles. The highest BCUT2D eigenvalue weighted by atomic mass is 16.5. The minimum absolute atomic E-state index is 0.175. The van der Waals surface area contributed by atoms with E-state index >= 15 is 0 Å². The minimum atomic E-state index is -0.372. The van der Waals surface area contributed by atoms with Crippen molar-refractivity contribution in [3.05, 3.63) is 29.8 Å². The van der Waals surface area contributed by atoms with Crippen LogP contribution in [0.5, 0.6) is 11.5 Å². The van der Waals surface area contributed by atoms with Crippen molar-refractivity contribution >= 4 is 18.0 Å². The zero-order valence-corrected chi connectivity index (χ0v) is 14.9. The molecule has 24 heavy (non-hydrogen) atoms. The maximum absolute atomic E-state index is 12.3. The van der Waals surface area contributed by atoms with Gasteiger partial charge < -0.3 is 19.1 Å². The lowest BCUT2D eigenvalue weighted by Crippen LogP contribution is -2.36. The number of ether oxygens (including phenoxy) is 3. The van der Waals surface area contributed by atoms with E-state index in [1.165, 1.54) is 13.2 Å². The summed E-state index contributed by atoms with van der Waals surface area (Å²) in [5.41, 5.74) is 0.767. The zero-order chi connectivity index (χ0) is 18.1. The van der Waals surface area contributed by atoms with Gasteiger partial charge in [-0.1, -0.05) is 6.92 Å². The van der Waals surface area contributed by atoms with Crippen LogP contribution in [-0.4, -0.2) is 51.2 Å². The molecule has 0 saturated carbocycles. The Kier molecular flexibility index (Phi) is 7.82. The first-order chi connectivity index (χ1) is 11.5. The van der Waals surface area contributed by atoms with Crippen LogP contribution in [0.1, 0.15) is 19.4 Å². The zero-order valence-electron chi connectivity index (χ0n) is 14.9. The summed E-state index contributed by atoms with van der Waals surface area (Å²) < 4.78 is 15.1. The topological polar surface area (TPSA) is 65.1 Å². The number of carbonyl (C=O) groups is 2. The Balaban J connectivity index is 2.84. The largest absolute Gasteiger partial charge is 0.497 e. The SMILES string of the molecule is CCN(CC(C)C(=O)OC)C(=O)C=Cc1ccc(OC)cc1OC. The van der Waals surface area contributed by atoms with Gasteiger partial charge in [-0.3, -0.25) is 9.59 Å². The van der Waals surface area contributed by atoms with Crippen molar-refractivity contribution in [3.63, 3.8) is 0 Å². The number of carbonyl (C=O) groups excluding carboxylic acids is 2. The summed E-state index contributed by atoms with van der Waals surface area (Å²) in [4.78, 5) is 25.4. The lowest BCUT2D eigenvalue weighted by Gasteiger charge is -2.22. The van der Waals surface area contributed by atoms with Gasteiger partial charge in [0, 0.05) is 30.8 Å². The maximum Gasteiger partial charge on any atom is 0.310 e. The average molecular weight is 335 g/mol. The molecule has 1 atom stereocenters. The van der Waals surface area contributed by atoms with Crippen LogP contribution in [0.3, 0.4) is 0 Å². The van der Waals surface area contributed by atoms with Gasteiger partial charge in [0.25, 0.3) is 0 Å². The van der Waals surface area contributed by atoms with Crippen molar-refractivity contribution in [2.24, 2.45) is 5.92 Å². The summed E-state index contributed by atoms with van der Waals surface area (Å²) in [6.07, 6.45) is 3.16. The van der Waals surface area contributed by atoms with E-state index in [1.54, 1.807) is 44.3 Å². The first kappa shape index (κ1) is 19.5. The summed E-state index contributed by atoms with van der Waals surface area (Å²) in [6.45, 7) is 4.41. The van der Waals surface area contributed by atoms with E-state index in [0.29, 0.717) is 24.6 Å². The molecule has 0 saturated heterocycles. The van der Waals surface area contributed by atoms with Crippen LogP contribution < -0.4 is 9.47 Å². The lowest BCUT2D eigenvalue weighted by atomic mass is 10.1. The Hall–Kier alpha value is -2.50. The van der Waals surface area contributed by atoms with E-state index in [-0.39, 0.29) is 17.8 Å². The van der Waals surface area contributed by atoms with Crippen LogP contribution in [0.2, 0.25) is 0 Å². The van der Waals surface area contributed by atoms with E-state index < -0.39 is 0 Å². The van der Waals surface area contributed by atoms with E-state index in [4.69, 9.17) is 14.2 Å². The molecule has 0 radical (unpaired) electrons. The van der Waals surface area contributed by atoms with Crippen molar-refractivity contribution in [2.45, 2.75) is 13.8 Å². The fourth-order valence-corrected chi connectivity index (χ4v) is 2.20. The first-order valence-electron chi connectivity index (χ1n) is 7.73. The molecule has 1 rings (SSSR count). The molecular formula is C18H25NO5. The second-order valence-electron chi connectivity index (χ2n) is 5.24. The molecule has 0 N–H and O–H groups in total. The van der Waals surface area contributed by atoms with Crippen molar-refractivity contribution in [2.75, 3.05) is 34.4 Å². The Morgan fingerprint density at radius 3 is 2.46 bits per heavy atom. The van der Waals surface area contributed by atoms with Gasteiger partial charge in [-0.15, -0.1) is 0 Å². The second kappa shape index (κ2) is 9.60. The predicted octanol–water partition coefficient (Wildman–Crippen LogP) is 2.37. The summed E-state index contributed by atoms with van der Waals surface area (Å²) in [6, 6.07) is 5.36. The van der Waals surface area contributed by atoms with Crippen LogP contribution in [0.4, 0.5) is 0 Å². The molecular weight excluding hydrogens is 310 g/mol. The predicted molar refractivity (Wildman–Crippen MR) is 92.0 cm³/mol. The molecule has 0 spiro atoms. The number of benzene rings is 1. The van der Waals surface area contributed by atoms with E-state index in [9.17, 15) is 9.59 Å². The molecule has 0 heterocycles. The first-order valence-corrected chi connectivity index (χ1v) is 7.73. The number of hydrogen-bond acceptors (Lipinski definition) is 5. The summed E-state index contributed by atoms with van der Waals surface area (Å²) >= 11 is 0. The van der Waals surface area contributed by atoms with Crippen molar-refractivity contribution < 1.29 is 23.8 Å². The fraction of sp³-hybridized carbons (Fsp3) is 0.444. The minimum Gasteiger partial charge on any atom is -0.497 e. The van der Waals surface area contributed by atoms with Crippen molar-refractivity contribution in [1.29, 1.82) is 0 Å². The van der Waals surface area contributed by atoms with Gasteiger partial charge in [0.05, 0.1) is 27.2 Å². The monoisotopic (exact) mass is 335 g/mol. The highest BCUT2D eigenvalue weighted by molar-refractivity contribution is 5.92.